The molecule has 0 heterocycles. The van der Waals surface area contributed by atoms with E-state index in [2.05, 4.69) is 5.32 Å². The minimum atomic E-state index is -1.33. The molecule has 0 amide bonds. The highest BCUT2D eigenvalue weighted by molar-refractivity contribution is 5.88. The third-order valence-electron chi connectivity index (χ3n) is 3.74. The number of benzene rings is 1. The summed E-state index contributed by atoms with van der Waals surface area (Å²) in [5.41, 5.74) is -0.580. The first kappa shape index (κ1) is 14.8. The Balaban J connectivity index is 2.13. The van der Waals surface area contributed by atoms with Gasteiger partial charge in [-0.25, -0.2) is 13.6 Å². The summed E-state index contributed by atoms with van der Waals surface area (Å²) in [6.07, 6.45) is 7.41. The van der Waals surface area contributed by atoms with E-state index < -0.39 is 17.6 Å². The minimum Gasteiger partial charge on any atom is -0.478 e. The highest BCUT2D eigenvalue weighted by Gasteiger charge is 2.18. The first-order chi connectivity index (χ1) is 9.58. The smallest absolute Gasteiger partial charge is 0.335 e. The van der Waals surface area contributed by atoms with Crippen LogP contribution < -0.4 is 5.32 Å². The van der Waals surface area contributed by atoms with E-state index in [1.54, 1.807) is 0 Å². The zero-order chi connectivity index (χ0) is 14.5. The average Bonchev–Trinajstić information content (AvgIpc) is 2.35. The van der Waals surface area contributed by atoms with Crippen molar-refractivity contribution in [1.82, 2.24) is 0 Å². The van der Waals surface area contributed by atoms with Crippen LogP contribution in [0.5, 0.6) is 0 Å². The summed E-state index contributed by atoms with van der Waals surface area (Å²) in [5, 5.41) is 11.7. The van der Waals surface area contributed by atoms with Gasteiger partial charge in [0.05, 0.1) is 5.56 Å². The molecular weight excluding hydrogens is 264 g/mol. The van der Waals surface area contributed by atoms with Gasteiger partial charge in [0.1, 0.15) is 17.3 Å². The van der Waals surface area contributed by atoms with Crippen LogP contribution >= 0.6 is 0 Å². The van der Waals surface area contributed by atoms with Gasteiger partial charge in [-0.05, 0) is 25.0 Å². The van der Waals surface area contributed by atoms with Gasteiger partial charge >= 0.3 is 5.97 Å². The topological polar surface area (TPSA) is 49.3 Å². The van der Waals surface area contributed by atoms with Crippen LogP contribution in [0.15, 0.2) is 12.1 Å². The molecule has 110 valence electrons. The SMILES string of the molecule is O=C(O)c1cc(F)c(NC2CCCCCCC2)c(F)c1. The maximum atomic E-state index is 13.8. The number of nitrogens with one attached hydrogen (secondary N) is 1. The van der Waals surface area contributed by atoms with E-state index in [0.29, 0.717) is 0 Å². The number of carboxylic acid groups (broad SMARTS) is 1. The van der Waals surface area contributed by atoms with Crippen LogP contribution in [0, 0.1) is 11.6 Å². The van der Waals surface area contributed by atoms with Crippen LogP contribution in [0.4, 0.5) is 14.5 Å². The Labute approximate surface area is 117 Å². The maximum absolute atomic E-state index is 13.8. The number of carboxylic acids is 1. The number of hydrogen-bond acceptors (Lipinski definition) is 2. The highest BCUT2D eigenvalue weighted by atomic mass is 19.1. The number of halogens is 2. The fourth-order valence-electron chi connectivity index (χ4n) is 2.64. The zero-order valence-electron chi connectivity index (χ0n) is 11.3. The second-order valence-corrected chi connectivity index (χ2v) is 5.31. The van der Waals surface area contributed by atoms with Crippen LogP contribution in [0.2, 0.25) is 0 Å². The standard InChI is InChI=1S/C15H19F2NO2/c16-12-8-10(15(19)20)9-13(17)14(12)18-11-6-4-2-1-3-5-7-11/h8-9,11,18H,1-7H2,(H,19,20). The van der Waals surface area contributed by atoms with Crippen molar-refractivity contribution in [3.63, 3.8) is 0 Å². The Kier molecular flexibility index (Phi) is 4.93. The summed E-state index contributed by atoms with van der Waals surface area (Å²) in [6.45, 7) is 0. The van der Waals surface area contributed by atoms with Crippen molar-refractivity contribution in [2.75, 3.05) is 5.32 Å². The number of carbonyl (C=O) groups is 1. The highest BCUT2D eigenvalue weighted by Crippen LogP contribution is 2.25. The van der Waals surface area contributed by atoms with Crippen molar-refractivity contribution < 1.29 is 18.7 Å². The minimum absolute atomic E-state index is 0.0509. The molecule has 1 aromatic rings. The van der Waals surface area contributed by atoms with E-state index >= 15 is 0 Å². The van der Waals surface area contributed by atoms with Crippen molar-refractivity contribution >= 4 is 11.7 Å². The normalized spacial score (nSPS) is 17.3. The van der Waals surface area contributed by atoms with Crippen molar-refractivity contribution in [3.8, 4) is 0 Å². The Bertz CT molecular complexity index is 460. The van der Waals surface area contributed by atoms with E-state index in [-0.39, 0.29) is 17.3 Å². The molecule has 5 heteroatoms. The molecular formula is C15H19F2NO2. The lowest BCUT2D eigenvalue weighted by Gasteiger charge is -2.22. The van der Waals surface area contributed by atoms with Gasteiger partial charge in [0, 0.05) is 6.04 Å². The van der Waals surface area contributed by atoms with E-state index in [1.807, 2.05) is 0 Å². The molecule has 0 spiro atoms. The molecule has 2 rings (SSSR count). The molecule has 0 saturated heterocycles. The van der Waals surface area contributed by atoms with Gasteiger partial charge in [0.25, 0.3) is 0 Å². The predicted octanol–water partition coefficient (Wildman–Crippen LogP) is 4.19. The molecule has 0 radical (unpaired) electrons. The van der Waals surface area contributed by atoms with Gasteiger partial charge in [-0.1, -0.05) is 32.1 Å². The number of aromatic carboxylic acids is 1. The molecule has 0 bridgehead atoms. The fraction of sp³-hybridized carbons (Fsp3) is 0.533. The monoisotopic (exact) mass is 283 g/mol. The van der Waals surface area contributed by atoms with Crippen molar-refractivity contribution in [2.45, 2.75) is 51.0 Å². The molecule has 0 aromatic heterocycles. The molecule has 1 fully saturated rings. The Morgan fingerprint density at radius 1 is 1.05 bits per heavy atom. The van der Waals surface area contributed by atoms with Crippen LogP contribution in [-0.4, -0.2) is 17.1 Å². The van der Waals surface area contributed by atoms with Crippen molar-refractivity contribution in [2.24, 2.45) is 0 Å². The van der Waals surface area contributed by atoms with Crippen LogP contribution in [0.25, 0.3) is 0 Å². The zero-order valence-corrected chi connectivity index (χ0v) is 11.3. The summed E-state index contributed by atoms with van der Waals surface area (Å²) in [7, 11) is 0. The number of rotatable bonds is 3. The lowest BCUT2D eigenvalue weighted by atomic mass is 9.96. The summed E-state index contributed by atoms with van der Waals surface area (Å²) in [6, 6.07) is 1.77. The van der Waals surface area contributed by atoms with Crippen molar-refractivity contribution in [1.29, 1.82) is 0 Å². The van der Waals surface area contributed by atoms with E-state index in [9.17, 15) is 13.6 Å². The third-order valence-corrected chi connectivity index (χ3v) is 3.74. The average molecular weight is 283 g/mol. The molecule has 1 aliphatic rings. The molecule has 0 aliphatic heterocycles. The molecule has 3 nitrogen and oxygen atoms in total. The Morgan fingerprint density at radius 2 is 1.55 bits per heavy atom. The van der Waals surface area contributed by atoms with Crippen molar-refractivity contribution in [3.05, 3.63) is 29.3 Å². The predicted molar refractivity (Wildman–Crippen MR) is 73.0 cm³/mol. The van der Waals surface area contributed by atoms with E-state index in [4.69, 9.17) is 5.11 Å². The summed E-state index contributed by atoms with van der Waals surface area (Å²) >= 11 is 0. The van der Waals surface area contributed by atoms with Gasteiger partial charge < -0.3 is 10.4 Å². The van der Waals surface area contributed by atoms with E-state index in [1.165, 1.54) is 6.42 Å². The first-order valence-electron chi connectivity index (χ1n) is 7.07. The first-order valence-corrected chi connectivity index (χ1v) is 7.07. The molecule has 1 aromatic carbocycles. The van der Waals surface area contributed by atoms with Gasteiger partial charge in [-0.15, -0.1) is 0 Å². The summed E-state index contributed by atoms with van der Waals surface area (Å²) in [4.78, 5) is 10.7. The van der Waals surface area contributed by atoms with Crippen LogP contribution in [0.3, 0.4) is 0 Å². The molecule has 1 aliphatic carbocycles. The van der Waals surface area contributed by atoms with Gasteiger partial charge in [-0.3, -0.25) is 0 Å². The van der Waals surface area contributed by atoms with Crippen LogP contribution in [0.1, 0.15) is 55.3 Å². The third kappa shape index (κ3) is 3.68. The largest absolute Gasteiger partial charge is 0.478 e. The Morgan fingerprint density at radius 3 is 2.05 bits per heavy atom. The molecule has 1 saturated carbocycles. The van der Waals surface area contributed by atoms with E-state index in [0.717, 1.165) is 50.7 Å². The molecule has 20 heavy (non-hydrogen) atoms. The lowest BCUT2D eigenvalue weighted by Crippen LogP contribution is -2.22. The lowest BCUT2D eigenvalue weighted by molar-refractivity contribution is 0.0696. The summed E-state index contributed by atoms with van der Waals surface area (Å²) in [5.74, 6) is -3.02. The number of anilines is 1. The fourth-order valence-corrected chi connectivity index (χ4v) is 2.64. The summed E-state index contributed by atoms with van der Waals surface area (Å²) < 4.78 is 27.7. The quantitative estimate of drug-likeness (QED) is 0.874. The van der Waals surface area contributed by atoms with Gasteiger partial charge in [0.15, 0.2) is 0 Å². The second-order valence-electron chi connectivity index (χ2n) is 5.31. The molecule has 0 atom stereocenters. The maximum Gasteiger partial charge on any atom is 0.335 e. The second kappa shape index (κ2) is 6.68. The molecule has 0 unspecified atom stereocenters. The number of hydrogen-bond donors (Lipinski definition) is 2. The van der Waals surface area contributed by atoms with Crippen LogP contribution in [-0.2, 0) is 0 Å². The van der Waals surface area contributed by atoms with Gasteiger partial charge in [0.2, 0.25) is 0 Å². The molecule has 2 N–H and O–H groups in total. The Hall–Kier alpha value is -1.65. The van der Waals surface area contributed by atoms with Gasteiger partial charge in [-0.2, -0.15) is 0 Å².